The Kier molecular flexibility index (Phi) is 3.79. The third kappa shape index (κ3) is 3.33. The van der Waals surface area contributed by atoms with Crippen LogP contribution in [0, 0.1) is 18.9 Å². The molecule has 0 atom stereocenters. The Hall–Kier alpha value is -1.79. The first-order valence-electron chi connectivity index (χ1n) is 5.71. The molecule has 1 aromatic carbocycles. The number of ketones is 1. The predicted octanol–water partition coefficient (Wildman–Crippen LogP) is 1.47. The number of aryl methyl sites for hydroxylation is 1. The fraction of sp³-hybridized carbons (Fsp3) is 0.357. The van der Waals surface area contributed by atoms with Gasteiger partial charge in [0.2, 0.25) is 5.78 Å². The highest BCUT2D eigenvalue weighted by Gasteiger charge is 2.06. The van der Waals surface area contributed by atoms with Crippen LogP contribution < -0.4 is 0 Å². The first-order valence-corrected chi connectivity index (χ1v) is 5.71. The van der Waals surface area contributed by atoms with Crippen LogP contribution in [0.3, 0.4) is 0 Å². The molecule has 2 rings (SSSR count). The van der Waals surface area contributed by atoms with Crippen LogP contribution in [-0.2, 0) is 4.74 Å². The summed E-state index contributed by atoms with van der Waals surface area (Å²) in [6.45, 7) is 4.88. The van der Waals surface area contributed by atoms with Crippen molar-refractivity contribution in [2.75, 3.05) is 26.3 Å². The zero-order valence-corrected chi connectivity index (χ0v) is 9.90. The molecule has 0 bridgehead atoms. The van der Waals surface area contributed by atoms with E-state index >= 15 is 0 Å². The van der Waals surface area contributed by atoms with Crippen molar-refractivity contribution in [3.8, 4) is 12.0 Å². The third-order valence-corrected chi connectivity index (χ3v) is 2.62. The lowest BCUT2D eigenvalue weighted by molar-refractivity contribution is 0.0637. The lowest BCUT2D eigenvalue weighted by Gasteiger charge is -2.22. The van der Waals surface area contributed by atoms with E-state index in [-0.39, 0.29) is 5.78 Å². The van der Waals surface area contributed by atoms with Crippen LogP contribution in [-0.4, -0.2) is 37.0 Å². The Bertz CT molecular complexity index is 465. The van der Waals surface area contributed by atoms with E-state index in [9.17, 15) is 4.79 Å². The van der Waals surface area contributed by atoms with Gasteiger partial charge >= 0.3 is 0 Å². The molecule has 0 amide bonds. The summed E-state index contributed by atoms with van der Waals surface area (Å²) >= 11 is 0. The molecule has 0 spiro atoms. The molecule has 88 valence electrons. The lowest BCUT2D eigenvalue weighted by Crippen LogP contribution is -2.32. The van der Waals surface area contributed by atoms with Gasteiger partial charge in [0.15, 0.2) is 0 Å². The van der Waals surface area contributed by atoms with Crippen LogP contribution in [0.25, 0.3) is 0 Å². The second-order valence-electron chi connectivity index (χ2n) is 4.03. The third-order valence-electron chi connectivity index (χ3n) is 2.62. The van der Waals surface area contributed by atoms with Crippen molar-refractivity contribution in [3.05, 3.63) is 35.4 Å². The van der Waals surface area contributed by atoms with E-state index in [4.69, 9.17) is 4.74 Å². The summed E-state index contributed by atoms with van der Waals surface area (Å²) in [5.41, 5.74) is 1.73. The Morgan fingerprint density at radius 3 is 2.82 bits per heavy atom. The van der Waals surface area contributed by atoms with Crippen LogP contribution in [0.15, 0.2) is 24.3 Å². The summed E-state index contributed by atoms with van der Waals surface area (Å²) in [6, 6.07) is 10.4. The number of ether oxygens (including phenoxy) is 1. The van der Waals surface area contributed by atoms with Crippen molar-refractivity contribution in [3.63, 3.8) is 0 Å². The SMILES string of the molecule is Cc1cccc(C(=O)C#CN2CCOCC2)c1. The zero-order valence-electron chi connectivity index (χ0n) is 9.90. The molecule has 0 aromatic heterocycles. The molecule has 3 nitrogen and oxygen atoms in total. The molecule has 0 saturated carbocycles. The van der Waals surface area contributed by atoms with Crippen molar-refractivity contribution in [1.29, 1.82) is 0 Å². The topological polar surface area (TPSA) is 29.5 Å². The quantitative estimate of drug-likeness (QED) is 0.539. The Morgan fingerprint density at radius 1 is 1.35 bits per heavy atom. The molecule has 0 N–H and O–H groups in total. The Labute approximate surface area is 101 Å². The second-order valence-corrected chi connectivity index (χ2v) is 4.03. The Morgan fingerprint density at radius 2 is 2.12 bits per heavy atom. The van der Waals surface area contributed by atoms with Crippen LogP contribution in [0.4, 0.5) is 0 Å². The molecule has 0 aliphatic carbocycles. The number of carbonyl (C=O) groups is 1. The van der Waals surface area contributed by atoms with E-state index in [1.54, 1.807) is 6.07 Å². The van der Waals surface area contributed by atoms with Crippen LogP contribution in [0.5, 0.6) is 0 Å². The number of nitrogens with zero attached hydrogens (tertiary/aromatic N) is 1. The minimum absolute atomic E-state index is 0.125. The zero-order chi connectivity index (χ0) is 12.1. The molecule has 1 fully saturated rings. The van der Waals surface area contributed by atoms with E-state index in [2.05, 4.69) is 12.0 Å². The number of benzene rings is 1. The highest BCUT2D eigenvalue weighted by Crippen LogP contribution is 2.04. The monoisotopic (exact) mass is 229 g/mol. The molecule has 3 heteroatoms. The minimum atomic E-state index is -0.125. The fourth-order valence-electron chi connectivity index (χ4n) is 1.66. The van der Waals surface area contributed by atoms with Gasteiger partial charge in [-0.3, -0.25) is 4.79 Å². The maximum Gasteiger partial charge on any atom is 0.237 e. The summed E-state index contributed by atoms with van der Waals surface area (Å²) in [6.07, 6.45) is 0. The van der Waals surface area contributed by atoms with Crippen LogP contribution in [0.1, 0.15) is 15.9 Å². The molecule has 1 aliphatic heterocycles. The maximum atomic E-state index is 11.8. The average molecular weight is 229 g/mol. The average Bonchev–Trinajstić information content (AvgIpc) is 2.37. The van der Waals surface area contributed by atoms with Gasteiger partial charge in [-0.15, -0.1) is 0 Å². The lowest BCUT2D eigenvalue weighted by atomic mass is 10.1. The van der Waals surface area contributed by atoms with Gasteiger partial charge < -0.3 is 9.64 Å². The molecular formula is C14H15NO2. The van der Waals surface area contributed by atoms with Gasteiger partial charge in [0, 0.05) is 24.7 Å². The van der Waals surface area contributed by atoms with Crippen molar-refractivity contribution in [2.24, 2.45) is 0 Å². The number of carbonyl (C=O) groups excluding carboxylic acids is 1. The van der Waals surface area contributed by atoms with Crippen LogP contribution >= 0.6 is 0 Å². The van der Waals surface area contributed by atoms with Gasteiger partial charge in [0.25, 0.3) is 0 Å². The van der Waals surface area contributed by atoms with Crippen molar-refractivity contribution in [1.82, 2.24) is 4.90 Å². The van der Waals surface area contributed by atoms with E-state index in [1.807, 2.05) is 30.0 Å². The summed E-state index contributed by atoms with van der Waals surface area (Å²) in [4.78, 5) is 13.7. The minimum Gasteiger partial charge on any atom is -0.378 e. The van der Waals surface area contributed by atoms with Gasteiger partial charge in [0.1, 0.15) is 0 Å². The first kappa shape index (κ1) is 11.7. The molecule has 0 unspecified atom stereocenters. The second kappa shape index (κ2) is 5.51. The molecule has 1 saturated heterocycles. The van der Waals surface area contributed by atoms with E-state index < -0.39 is 0 Å². The van der Waals surface area contributed by atoms with E-state index in [0.29, 0.717) is 18.8 Å². The number of hydrogen-bond donors (Lipinski definition) is 0. The van der Waals surface area contributed by atoms with E-state index in [0.717, 1.165) is 18.7 Å². The highest BCUT2D eigenvalue weighted by molar-refractivity contribution is 6.09. The normalized spacial score (nSPS) is 15.0. The van der Waals surface area contributed by atoms with Gasteiger partial charge in [-0.25, -0.2) is 0 Å². The standard InChI is InChI=1S/C14H15NO2/c1-12-3-2-4-13(11-12)14(16)5-6-15-7-9-17-10-8-15/h2-4,11H,7-10H2,1H3. The number of Topliss-reactive ketones (excluding diaryl/α,β-unsaturated/α-hetero) is 1. The predicted molar refractivity (Wildman–Crippen MR) is 65.7 cm³/mol. The molecule has 1 aliphatic rings. The number of hydrogen-bond acceptors (Lipinski definition) is 3. The molecule has 1 aromatic rings. The van der Waals surface area contributed by atoms with E-state index in [1.165, 1.54) is 0 Å². The molecular weight excluding hydrogens is 214 g/mol. The van der Waals surface area contributed by atoms with Gasteiger partial charge in [0.05, 0.1) is 13.2 Å². The molecule has 17 heavy (non-hydrogen) atoms. The van der Waals surface area contributed by atoms with Gasteiger partial charge in [-0.05, 0) is 18.9 Å². The summed E-state index contributed by atoms with van der Waals surface area (Å²) in [5.74, 6) is 2.55. The summed E-state index contributed by atoms with van der Waals surface area (Å²) in [7, 11) is 0. The van der Waals surface area contributed by atoms with Crippen molar-refractivity contribution in [2.45, 2.75) is 6.92 Å². The largest absolute Gasteiger partial charge is 0.378 e. The fourth-order valence-corrected chi connectivity index (χ4v) is 1.66. The smallest absolute Gasteiger partial charge is 0.237 e. The van der Waals surface area contributed by atoms with Gasteiger partial charge in [-0.1, -0.05) is 23.8 Å². The number of morpholine rings is 1. The summed E-state index contributed by atoms with van der Waals surface area (Å²) in [5, 5.41) is 0. The van der Waals surface area contributed by atoms with Crippen molar-refractivity contribution >= 4 is 5.78 Å². The molecule has 0 radical (unpaired) electrons. The number of rotatable bonds is 1. The Balaban J connectivity index is 2.03. The summed E-state index contributed by atoms with van der Waals surface area (Å²) < 4.78 is 5.21. The van der Waals surface area contributed by atoms with Crippen molar-refractivity contribution < 1.29 is 9.53 Å². The van der Waals surface area contributed by atoms with Gasteiger partial charge in [-0.2, -0.15) is 0 Å². The highest BCUT2D eigenvalue weighted by atomic mass is 16.5. The maximum absolute atomic E-state index is 11.8. The first-order chi connectivity index (χ1) is 8.25. The molecule has 1 heterocycles. The van der Waals surface area contributed by atoms with Crippen LogP contribution in [0.2, 0.25) is 0 Å².